The summed E-state index contributed by atoms with van der Waals surface area (Å²) in [5, 5.41) is 0. The summed E-state index contributed by atoms with van der Waals surface area (Å²) in [6.45, 7) is 10.7. The Morgan fingerprint density at radius 2 is 1.63 bits per heavy atom. The second kappa shape index (κ2) is 7.79. The van der Waals surface area contributed by atoms with Crippen molar-refractivity contribution in [1.82, 2.24) is 10.3 Å². The molecule has 0 aliphatic heterocycles. The molecule has 0 unspecified atom stereocenters. The highest BCUT2D eigenvalue weighted by atomic mass is 15.4. The molecule has 0 spiro atoms. The predicted octanol–water partition coefficient (Wildman–Crippen LogP) is 2.75. The Morgan fingerprint density at radius 3 is 2.05 bits per heavy atom. The van der Waals surface area contributed by atoms with E-state index in [-0.39, 0.29) is 0 Å². The number of hydrogen-bond donors (Lipinski definition) is 2. The molecule has 0 radical (unpaired) electrons. The van der Waals surface area contributed by atoms with Crippen molar-refractivity contribution in [3.8, 4) is 0 Å². The third kappa shape index (κ3) is 5.75. The summed E-state index contributed by atoms with van der Waals surface area (Å²) in [6, 6.07) is 9.87. The number of nitrogens with two attached hydrogens (primary N) is 1. The maximum absolute atomic E-state index is 5.65. The fourth-order valence-electron chi connectivity index (χ4n) is 1.95. The second-order valence-corrected chi connectivity index (χ2v) is 5.61. The lowest BCUT2D eigenvalue weighted by Crippen LogP contribution is -2.47. The SMILES string of the molecule is CC(C)CN(CC(C)C)C(=Nc1ccccc1)NN. The number of benzene rings is 1. The fourth-order valence-corrected chi connectivity index (χ4v) is 1.95. The molecule has 0 fully saturated rings. The van der Waals surface area contributed by atoms with Crippen molar-refractivity contribution >= 4 is 11.6 Å². The average molecular weight is 262 g/mol. The molecule has 4 nitrogen and oxygen atoms in total. The number of nitrogens with one attached hydrogen (secondary N) is 1. The van der Waals surface area contributed by atoms with E-state index in [0.29, 0.717) is 11.8 Å². The zero-order chi connectivity index (χ0) is 14.3. The van der Waals surface area contributed by atoms with Crippen LogP contribution in [0.4, 0.5) is 5.69 Å². The minimum atomic E-state index is 0.563. The molecule has 3 N–H and O–H groups in total. The van der Waals surface area contributed by atoms with Crippen LogP contribution in [0.15, 0.2) is 35.3 Å². The van der Waals surface area contributed by atoms with Gasteiger partial charge in [0, 0.05) is 13.1 Å². The molecule has 0 aromatic heterocycles. The number of hydrazine groups is 1. The summed E-state index contributed by atoms with van der Waals surface area (Å²) >= 11 is 0. The normalized spacial score (nSPS) is 12.1. The van der Waals surface area contributed by atoms with E-state index in [0.717, 1.165) is 24.7 Å². The molecule has 0 atom stereocenters. The van der Waals surface area contributed by atoms with E-state index in [4.69, 9.17) is 5.84 Å². The van der Waals surface area contributed by atoms with Crippen molar-refractivity contribution in [2.45, 2.75) is 27.7 Å². The summed E-state index contributed by atoms with van der Waals surface area (Å²) in [5.41, 5.74) is 3.65. The Morgan fingerprint density at radius 1 is 1.11 bits per heavy atom. The van der Waals surface area contributed by atoms with Crippen LogP contribution >= 0.6 is 0 Å². The first-order valence-corrected chi connectivity index (χ1v) is 6.88. The van der Waals surface area contributed by atoms with Gasteiger partial charge in [-0.25, -0.2) is 10.8 Å². The van der Waals surface area contributed by atoms with E-state index in [9.17, 15) is 0 Å². The van der Waals surface area contributed by atoms with E-state index >= 15 is 0 Å². The third-order valence-electron chi connectivity index (χ3n) is 2.59. The topological polar surface area (TPSA) is 53.6 Å². The molecule has 0 saturated heterocycles. The van der Waals surface area contributed by atoms with E-state index in [1.54, 1.807) is 0 Å². The van der Waals surface area contributed by atoms with Crippen LogP contribution in [-0.4, -0.2) is 23.9 Å². The summed E-state index contributed by atoms with van der Waals surface area (Å²) in [6.07, 6.45) is 0. The fraction of sp³-hybridized carbons (Fsp3) is 0.533. The maximum atomic E-state index is 5.65. The highest BCUT2D eigenvalue weighted by Gasteiger charge is 2.13. The van der Waals surface area contributed by atoms with Crippen molar-refractivity contribution in [2.24, 2.45) is 22.7 Å². The number of para-hydroxylation sites is 1. The van der Waals surface area contributed by atoms with Gasteiger partial charge in [-0.05, 0) is 24.0 Å². The van der Waals surface area contributed by atoms with Gasteiger partial charge in [-0.3, -0.25) is 5.43 Å². The molecule has 1 aromatic rings. The first-order chi connectivity index (χ1) is 9.02. The van der Waals surface area contributed by atoms with Gasteiger partial charge in [0.25, 0.3) is 0 Å². The molecule has 106 valence electrons. The van der Waals surface area contributed by atoms with Gasteiger partial charge in [-0.15, -0.1) is 0 Å². The van der Waals surface area contributed by atoms with Crippen molar-refractivity contribution in [2.75, 3.05) is 13.1 Å². The Kier molecular flexibility index (Phi) is 6.36. The maximum Gasteiger partial charge on any atom is 0.213 e. The van der Waals surface area contributed by atoms with Crippen molar-refractivity contribution < 1.29 is 0 Å². The zero-order valence-corrected chi connectivity index (χ0v) is 12.4. The third-order valence-corrected chi connectivity index (χ3v) is 2.59. The van der Waals surface area contributed by atoms with Gasteiger partial charge in [0.1, 0.15) is 0 Å². The van der Waals surface area contributed by atoms with E-state index in [2.05, 4.69) is 43.0 Å². The van der Waals surface area contributed by atoms with Crippen LogP contribution in [0.1, 0.15) is 27.7 Å². The van der Waals surface area contributed by atoms with Crippen LogP contribution in [0.5, 0.6) is 0 Å². The summed E-state index contributed by atoms with van der Waals surface area (Å²) < 4.78 is 0. The molecule has 0 amide bonds. The van der Waals surface area contributed by atoms with Crippen molar-refractivity contribution in [3.63, 3.8) is 0 Å². The number of hydrogen-bond acceptors (Lipinski definition) is 2. The predicted molar refractivity (Wildman–Crippen MR) is 82.1 cm³/mol. The van der Waals surface area contributed by atoms with Crippen LogP contribution in [0.25, 0.3) is 0 Å². The van der Waals surface area contributed by atoms with Crippen LogP contribution < -0.4 is 11.3 Å². The minimum absolute atomic E-state index is 0.563. The van der Waals surface area contributed by atoms with E-state index in [1.807, 2.05) is 30.3 Å². The lowest BCUT2D eigenvalue weighted by atomic mass is 10.1. The van der Waals surface area contributed by atoms with E-state index in [1.165, 1.54) is 0 Å². The molecule has 19 heavy (non-hydrogen) atoms. The Bertz CT molecular complexity index is 374. The summed E-state index contributed by atoms with van der Waals surface area (Å²) in [5.74, 6) is 7.51. The van der Waals surface area contributed by atoms with Crippen LogP contribution in [0.2, 0.25) is 0 Å². The van der Waals surface area contributed by atoms with Gasteiger partial charge in [0.15, 0.2) is 0 Å². The zero-order valence-electron chi connectivity index (χ0n) is 12.4. The smallest absolute Gasteiger partial charge is 0.213 e. The van der Waals surface area contributed by atoms with Crippen LogP contribution in [-0.2, 0) is 0 Å². The largest absolute Gasteiger partial charge is 0.341 e. The highest BCUT2D eigenvalue weighted by molar-refractivity contribution is 5.82. The monoisotopic (exact) mass is 262 g/mol. The molecule has 1 aromatic carbocycles. The molecular weight excluding hydrogens is 236 g/mol. The van der Waals surface area contributed by atoms with Crippen LogP contribution in [0, 0.1) is 11.8 Å². The quantitative estimate of drug-likeness (QED) is 0.371. The van der Waals surface area contributed by atoms with Gasteiger partial charge >= 0.3 is 0 Å². The summed E-state index contributed by atoms with van der Waals surface area (Å²) in [4.78, 5) is 6.80. The van der Waals surface area contributed by atoms with Gasteiger partial charge in [0.05, 0.1) is 5.69 Å². The number of aliphatic imine (C=N–C) groups is 1. The lowest BCUT2D eigenvalue weighted by Gasteiger charge is -2.28. The summed E-state index contributed by atoms with van der Waals surface area (Å²) in [7, 11) is 0. The Labute approximate surface area is 116 Å². The first kappa shape index (κ1) is 15.5. The van der Waals surface area contributed by atoms with Gasteiger partial charge in [-0.2, -0.15) is 0 Å². The van der Waals surface area contributed by atoms with Gasteiger partial charge in [0.2, 0.25) is 5.96 Å². The highest BCUT2D eigenvalue weighted by Crippen LogP contribution is 2.12. The molecule has 0 aliphatic rings. The molecular formula is C15H26N4. The molecule has 0 heterocycles. The number of guanidine groups is 1. The average Bonchev–Trinajstić information content (AvgIpc) is 2.35. The van der Waals surface area contributed by atoms with Gasteiger partial charge < -0.3 is 4.90 Å². The lowest BCUT2D eigenvalue weighted by molar-refractivity contribution is 0.319. The van der Waals surface area contributed by atoms with Crippen molar-refractivity contribution in [1.29, 1.82) is 0 Å². The van der Waals surface area contributed by atoms with E-state index < -0.39 is 0 Å². The number of nitrogens with zero attached hydrogens (tertiary/aromatic N) is 2. The number of rotatable bonds is 5. The molecule has 0 saturated carbocycles. The second-order valence-electron chi connectivity index (χ2n) is 5.61. The molecule has 0 aliphatic carbocycles. The standard InChI is InChI=1S/C15H26N4/c1-12(2)10-19(11-13(3)4)15(18-16)17-14-8-6-5-7-9-14/h5-9,12-13H,10-11,16H2,1-4H3,(H,17,18). The Balaban J connectivity index is 2.91. The van der Waals surface area contributed by atoms with Crippen LogP contribution in [0.3, 0.4) is 0 Å². The molecule has 1 rings (SSSR count). The Hall–Kier alpha value is -1.55. The van der Waals surface area contributed by atoms with Gasteiger partial charge in [-0.1, -0.05) is 45.9 Å². The minimum Gasteiger partial charge on any atom is -0.341 e. The molecule has 4 heteroatoms. The first-order valence-electron chi connectivity index (χ1n) is 6.88. The molecule has 0 bridgehead atoms. The van der Waals surface area contributed by atoms with Crippen molar-refractivity contribution in [3.05, 3.63) is 30.3 Å².